The number of benzene rings is 3. The molecule has 0 fully saturated rings. The maximum absolute atomic E-state index is 14.3. The molecule has 1 N–H and O–H groups in total. The molecule has 0 aromatic heterocycles. The molecule has 1 atom stereocenters. The average Bonchev–Trinajstić information content (AvgIpc) is 2.96. The number of rotatable bonds is 6. The minimum atomic E-state index is -0.662. The first-order valence-electron chi connectivity index (χ1n) is 10.9. The van der Waals surface area contributed by atoms with Gasteiger partial charge in [-0.05, 0) is 55.8 Å². The van der Waals surface area contributed by atoms with Crippen molar-refractivity contribution in [2.24, 2.45) is 0 Å². The number of anilines is 1. The lowest BCUT2D eigenvalue weighted by atomic mass is 9.95. The van der Waals surface area contributed by atoms with Crippen molar-refractivity contribution < 1.29 is 23.5 Å². The number of fused-ring (bicyclic) bond motifs is 1. The van der Waals surface area contributed by atoms with E-state index in [1.165, 1.54) is 23.1 Å². The van der Waals surface area contributed by atoms with Gasteiger partial charge in [0.15, 0.2) is 11.5 Å². The topological polar surface area (TPSA) is 67.9 Å². The van der Waals surface area contributed by atoms with E-state index in [0.717, 1.165) is 5.56 Å². The van der Waals surface area contributed by atoms with E-state index in [4.69, 9.17) is 9.47 Å². The molecule has 170 valence electrons. The number of hydrogen-bond donors (Lipinski definition) is 1. The summed E-state index contributed by atoms with van der Waals surface area (Å²) in [6.45, 7) is 4.39. The fourth-order valence-corrected chi connectivity index (χ4v) is 4.01. The zero-order valence-electron chi connectivity index (χ0n) is 18.5. The van der Waals surface area contributed by atoms with Crippen LogP contribution in [0.4, 0.5) is 10.1 Å². The molecule has 3 aromatic carbocycles. The second kappa shape index (κ2) is 9.73. The first-order valence-corrected chi connectivity index (χ1v) is 10.9. The van der Waals surface area contributed by atoms with Crippen molar-refractivity contribution in [3.63, 3.8) is 0 Å². The number of ether oxygens (including phenoxy) is 2. The predicted molar refractivity (Wildman–Crippen MR) is 123 cm³/mol. The van der Waals surface area contributed by atoms with Crippen molar-refractivity contribution in [2.75, 3.05) is 25.1 Å². The van der Waals surface area contributed by atoms with Crippen LogP contribution in [0, 0.1) is 5.82 Å². The third-order valence-electron chi connectivity index (χ3n) is 5.37. The second-order valence-corrected chi connectivity index (χ2v) is 7.55. The van der Waals surface area contributed by atoms with Crippen molar-refractivity contribution in [3.8, 4) is 11.5 Å². The van der Waals surface area contributed by atoms with Crippen LogP contribution in [-0.4, -0.2) is 36.5 Å². The van der Waals surface area contributed by atoms with Gasteiger partial charge in [-0.15, -0.1) is 0 Å². The van der Waals surface area contributed by atoms with Crippen molar-refractivity contribution in [2.45, 2.75) is 19.9 Å². The summed E-state index contributed by atoms with van der Waals surface area (Å²) in [7, 11) is 0. The molecule has 2 amide bonds. The van der Waals surface area contributed by atoms with E-state index in [2.05, 4.69) is 5.32 Å². The smallest absolute Gasteiger partial charge is 0.255 e. The van der Waals surface area contributed by atoms with E-state index in [0.29, 0.717) is 41.5 Å². The van der Waals surface area contributed by atoms with Gasteiger partial charge >= 0.3 is 0 Å². The van der Waals surface area contributed by atoms with Crippen molar-refractivity contribution in [1.82, 2.24) is 4.90 Å². The molecule has 3 aromatic rings. The van der Waals surface area contributed by atoms with Gasteiger partial charge in [-0.25, -0.2) is 4.39 Å². The number of carbonyl (C=O) groups excluding carboxylic acids is 2. The molecule has 4 rings (SSSR count). The standard InChI is InChI=1S/C26H25FN2O4/c1-3-32-22-13-10-18(14-23(22)33-4-2)26(31)29-16-24(30)28-21-12-11-19(27)15-20(21)25(29)17-8-6-5-7-9-17/h5-15,25H,3-4,16H2,1-2H3,(H,28,30)/t25-/m0/s1. The molecule has 33 heavy (non-hydrogen) atoms. The largest absolute Gasteiger partial charge is 0.490 e. The highest BCUT2D eigenvalue weighted by Crippen LogP contribution is 2.38. The maximum atomic E-state index is 14.3. The highest BCUT2D eigenvalue weighted by atomic mass is 19.1. The van der Waals surface area contributed by atoms with Crippen LogP contribution in [0.25, 0.3) is 0 Å². The van der Waals surface area contributed by atoms with E-state index in [9.17, 15) is 14.0 Å². The van der Waals surface area contributed by atoms with Gasteiger partial charge in [0.25, 0.3) is 5.91 Å². The Balaban J connectivity index is 1.82. The van der Waals surface area contributed by atoms with E-state index < -0.39 is 11.9 Å². The second-order valence-electron chi connectivity index (χ2n) is 7.55. The van der Waals surface area contributed by atoms with Gasteiger partial charge in [-0.2, -0.15) is 0 Å². The lowest BCUT2D eigenvalue weighted by Gasteiger charge is -2.31. The first-order chi connectivity index (χ1) is 16.0. The fourth-order valence-electron chi connectivity index (χ4n) is 4.01. The Bertz CT molecular complexity index is 1170. The summed E-state index contributed by atoms with van der Waals surface area (Å²) in [5, 5.41) is 2.80. The molecule has 1 aliphatic rings. The lowest BCUT2D eigenvalue weighted by molar-refractivity contribution is -0.117. The molecule has 0 aliphatic carbocycles. The number of nitrogens with one attached hydrogen (secondary N) is 1. The molecule has 0 radical (unpaired) electrons. The fraction of sp³-hybridized carbons (Fsp3) is 0.231. The van der Waals surface area contributed by atoms with Crippen LogP contribution in [0.1, 0.15) is 41.4 Å². The molecule has 0 spiro atoms. The molecular formula is C26H25FN2O4. The van der Waals surface area contributed by atoms with Crippen molar-refractivity contribution in [1.29, 1.82) is 0 Å². The van der Waals surface area contributed by atoms with Crippen LogP contribution in [-0.2, 0) is 4.79 Å². The predicted octanol–water partition coefficient (Wildman–Crippen LogP) is 4.81. The van der Waals surface area contributed by atoms with Gasteiger partial charge in [0.05, 0.1) is 19.3 Å². The highest BCUT2D eigenvalue weighted by Gasteiger charge is 2.34. The summed E-state index contributed by atoms with van der Waals surface area (Å²) >= 11 is 0. The molecule has 0 saturated carbocycles. The number of amides is 2. The lowest BCUT2D eigenvalue weighted by Crippen LogP contribution is -2.39. The van der Waals surface area contributed by atoms with E-state index in [-0.39, 0.29) is 18.4 Å². The van der Waals surface area contributed by atoms with E-state index >= 15 is 0 Å². The summed E-state index contributed by atoms with van der Waals surface area (Å²) in [4.78, 5) is 27.9. The Labute approximate surface area is 191 Å². The van der Waals surface area contributed by atoms with Crippen LogP contribution >= 0.6 is 0 Å². The van der Waals surface area contributed by atoms with Gasteiger partial charge in [-0.3, -0.25) is 9.59 Å². The average molecular weight is 448 g/mol. The summed E-state index contributed by atoms with van der Waals surface area (Å²) < 4.78 is 25.5. The van der Waals surface area contributed by atoms with E-state index in [1.807, 2.05) is 44.2 Å². The molecule has 6 nitrogen and oxygen atoms in total. The Morgan fingerprint density at radius 3 is 2.45 bits per heavy atom. The number of hydrogen-bond acceptors (Lipinski definition) is 4. The summed E-state index contributed by atoms with van der Waals surface area (Å²) in [5.74, 6) is -0.188. The maximum Gasteiger partial charge on any atom is 0.255 e. The van der Waals surface area contributed by atoms with Crippen LogP contribution < -0.4 is 14.8 Å². The van der Waals surface area contributed by atoms with Gasteiger partial charge in [0.2, 0.25) is 5.91 Å². The molecular weight excluding hydrogens is 423 g/mol. The van der Waals surface area contributed by atoms with Gasteiger partial charge < -0.3 is 19.7 Å². The molecule has 0 unspecified atom stereocenters. The number of carbonyl (C=O) groups is 2. The molecule has 0 bridgehead atoms. The summed E-state index contributed by atoms with van der Waals surface area (Å²) in [5.41, 5.74) is 2.10. The first kappa shape index (κ1) is 22.3. The van der Waals surface area contributed by atoms with Crippen molar-refractivity contribution in [3.05, 3.63) is 89.2 Å². The monoisotopic (exact) mass is 448 g/mol. The van der Waals surface area contributed by atoms with Crippen LogP contribution in [0.2, 0.25) is 0 Å². The van der Waals surface area contributed by atoms with Gasteiger partial charge in [0, 0.05) is 16.8 Å². The quantitative estimate of drug-likeness (QED) is 0.588. The molecule has 1 heterocycles. The van der Waals surface area contributed by atoms with E-state index in [1.54, 1.807) is 18.2 Å². The highest BCUT2D eigenvalue weighted by molar-refractivity contribution is 6.01. The Morgan fingerprint density at radius 2 is 1.73 bits per heavy atom. The van der Waals surface area contributed by atoms with Gasteiger partial charge in [0.1, 0.15) is 12.4 Å². The molecule has 7 heteroatoms. The Hall–Kier alpha value is -3.87. The minimum Gasteiger partial charge on any atom is -0.490 e. The third kappa shape index (κ3) is 4.67. The summed E-state index contributed by atoms with van der Waals surface area (Å²) in [6, 6.07) is 17.7. The minimum absolute atomic E-state index is 0.189. The number of nitrogens with zero attached hydrogens (tertiary/aromatic N) is 1. The summed E-state index contributed by atoms with van der Waals surface area (Å²) in [6.07, 6.45) is 0. The van der Waals surface area contributed by atoms with Crippen molar-refractivity contribution >= 4 is 17.5 Å². The Morgan fingerprint density at radius 1 is 1.00 bits per heavy atom. The normalized spacial score (nSPS) is 15.3. The molecule has 0 saturated heterocycles. The zero-order chi connectivity index (χ0) is 23.4. The Kier molecular flexibility index (Phi) is 6.58. The zero-order valence-corrected chi connectivity index (χ0v) is 18.5. The SMILES string of the molecule is CCOc1ccc(C(=O)N2CC(=O)Nc3ccc(F)cc3[C@@H]2c2ccccc2)cc1OCC. The van der Waals surface area contributed by atoms with Crippen LogP contribution in [0.3, 0.4) is 0 Å². The van der Waals surface area contributed by atoms with Crippen LogP contribution in [0.5, 0.6) is 11.5 Å². The van der Waals surface area contributed by atoms with Crippen LogP contribution in [0.15, 0.2) is 66.7 Å². The third-order valence-corrected chi connectivity index (χ3v) is 5.37. The number of halogens is 1. The molecule has 1 aliphatic heterocycles. The van der Waals surface area contributed by atoms with Gasteiger partial charge in [-0.1, -0.05) is 30.3 Å².